The Labute approximate surface area is 213 Å². The van der Waals surface area contributed by atoms with Crippen molar-refractivity contribution in [2.45, 2.75) is 34.6 Å². The summed E-state index contributed by atoms with van der Waals surface area (Å²) in [6.45, 7) is 9.89. The van der Waals surface area contributed by atoms with E-state index in [1.165, 1.54) is 11.1 Å². The van der Waals surface area contributed by atoms with Gasteiger partial charge in [0.2, 0.25) is 0 Å². The normalized spacial score (nSPS) is 10.2. The number of nitrogens with zero attached hydrogens (tertiary/aromatic N) is 3. The van der Waals surface area contributed by atoms with Crippen molar-refractivity contribution in [2.24, 2.45) is 9.98 Å². The molecule has 3 nitrogen and oxygen atoms in total. The van der Waals surface area contributed by atoms with Gasteiger partial charge in [0.25, 0.3) is 0 Å². The SMILES string of the molecule is CC(=Nc1c(C)cccc1Cl)c1cccnc1.C[C-]=Nc1c(C)cccc1C.[Cl-].[Cl-].[Fe+3]. The second-order valence-electron chi connectivity index (χ2n) is 6.42. The molecule has 165 valence electrons. The Morgan fingerprint density at radius 2 is 1.42 bits per heavy atom. The quantitative estimate of drug-likeness (QED) is 0.291. The average Bonchev–Trinajstić information content (AvgIpc) is 2.69. The van der Waals surface area contributed by atoms with Crippen molar-refractivity contribution in [3.8, 4) is 0 Å². The second-order valence-corrected chi connectivity index (χ2v) is 6.83. The minimum Gasteiger partial charge on any atom is -1.00 e. The number of pyridine rings is 1. The molecule has 0 bridgehead atoms. The van der Waals surface area contributed by atoms with E-state index in [2.05, 4.69) is 47.2 Å². The Hall–Kier alpha value is -1.68. The summed E-state index contributed by atoms with van der Waals surface area (Å²) in [7, 11) is 0. The molecule has 0 amide bonds. The van der Waals surface area contributed by atoms with Crippen LogP contribution in [-0.4, -0.2) is 16.9 Å². The zero-order valence-electron chi connectivity index (χ0n) is 18.1. The molecule has 31 heavy (non-hydrogen) atoms. The van der Waals surface area contributed by atoms with Crippen molar-refractivity contribution >= 4 is 34.9 Å². The zero-order valence-corrected chi connectivity index (χ0v) is 21.5. The summed E-state index contributed by atoms with van der Waals surface area (Å²) in [5.74, 6) is 0. The minimum atomic E-state index is 0. The number of aliphatic imine (C=N–C) groups is 2. The number of hydrogen-bond acceptors (Lipinski definition) is 3. The van der Waals surface area contributed by atoms with E-state index in [1.807, 2.05) is 57.2 Å². The van der Waals surface area contributed by atoms with Crippen LogP contribution in [0.2, 0.25) is 5.02 Å². The predicted octanol–water partition coefficient (Wildman–Crippen LogP) is 1.09. The van der Waals surface area contributed by atoms with Crippen molar-refractivity contribution in [3.05, 3.63) is 88.2 Å². The molecule has 7 heteroatoms. The maximum absolute atomic E-state index is 6.14. The third-order valence-corrected chi connectivity index (χ3v) is 4.52. The fraction of sp³-hybridized carbons (Fsp3) is 0.208. The first-order valence-corrected chi connectivity index (χ1v) is 9.46. The predicted molar refractivity (Wildman–Crippen MR) is 121 cm³/mol. The molecular weight excluding hydrogens is 492 g/mol. The molecule has 1 heterocycles. The van der Waals surface area contributed by atoms with E-state index < -0.39 is 0 Å². The Morgan fingerprint density at radius 3 is 1.90 bits per heavy atom. The molecule has 0 spiro atoms. The fourth-order valence-electron chi connectivity index (χ4n) is 2.67. The largest absolute Gasteiger partial charge is 3.00 e. The van der Waals surface area contributed by atoms with Gasteiger partial charge in [-0.2, -0.15) is 6.21 Å². The van der Waals surface area contributed by atoms with Crippen LogP contribution in [-0.2, 0) is 17.1 Å². The van der Waals surface area contributed by atoms with Gasteiger partial charge >= 0.3 is 17.1 Å². The smallest absolute Gasteiger partial charge is 1.00 e. The first kappa shape index (κ1) is 31.5. The molecule has 0 unspecified atom stereocenters. The molecule has 0 aliphatic rings. The number of halogens is 3. The van der Waals surface area contributed by atoms with Gasteiger partial charge in [-0.25, -0.2) is 0 Å². The molecule has 3 aromatic rings. The molecule has 0 saturated heterocycles. The fourth-order valence-corrected chi connectivity index (χ4v) is 2.93. The third-order valence-electron chi connectivity index (χ3n) is 4.21. The van der Waals surface area contributed by atoms with Gasteiger partial charge in [-0.05, 0) is 31.5 Å². The van der Waals surface area contributed by atoms with Crippen LogP contribution >= 0.6 is 11.6 Å². The van der Waals surface area contributed by atoms with E-state index in [0.717, 1.165) is 28.2 Å². The van der Waals surface area contributed by atoms with Crippen LogP contribution in [0.3, 0.4) is 0 Å². The van der Waals surface area contributed by atoms with Crippen LogP contribution in [0.1, 0.15) is 36.1 Å². The van der Waals surface area contributed by atoms with Gasteiger partial charge in [0, 0.05) is 23.7 Å². The Morgan fingerprint density at radius 1 is 0.871 bits per heavy atom. The van der Waals surface area contributed by atoms with Gasteiger partial charge in [0.15, 0.2) is 0 Å². The number of hydrogen-bond donors (Lipinski definition) is 0. The van der Waals surface area contributed by atoms with Crippen LogP contribution in [0.4, 0.5) is 11.4 Å². The number of aromatic nitrogens is 1. The first-order chi connectivity index (χ1) is 13.4. The molecule has 0 saturated carbocycles. The molecule has 3 rings (SSSR count). The van der Waals surface area contributed by atoms with Crippen LogP contribution in [0.25, 0.3) is 0 Å². The molecule has 0 N–H and O–H groups in total. The van der Waals surface area contributed by atoms with Gasteiger partial charge in [0.1, 0.15) is 0 Å². The van der Waals surface area contributed by atoms with Crippen LogP contribution < -0.4 is 24.8 Å². The van der Waals surface area contributed by atoms with Gasteiger partial charge in [0.05, 0.1) is 10.7 Å². The number of aryl methyl sites for hydroxylation is 3. The van der Waals surface area contributed by atoms with Crippen molar-refractivity contribution in [3.63, 3.8) is 0 Å². The average molecular weight is 518 g/mol. The topological polar surface area (TPSA) is 37.6 Å². The monoisotopic (exact) mass is 516 g/mol. The summed E-state index contributed by atoms with van der Waals surface area (Å²) in [5.41, 5.74) is 7.28. The van der Waals surface area contributed by atoms with E-state index in [1.54, 1.807) is 12.4 Å². The molecule has 1 radical (unpaired) electrons. The molecule has 0 atom stereocenters. The Bertz CT molecular complexity index is 950. The van der Waals surface area contributed by atoms with Crippen molar-refractivity contribution in [1.82, 2.24) is 4.98 Å². The Balaban J connectivity index is 0. The summed E-state index contributed by atoms with van der Waals surface area (Å²) >= 11 is 6.14. The minimum absolute atomic E-state index is 0. The van der Waals surface area contributed by atoms with Gasteiger partial charge < -0.3 is 29.8 Å². The van der Waals surface area contributed by atoms with Gasteiger partial charge in [-0.1, -0.05) is 67.5 Å². The number of benzene rings is 2. The van der Waals surface area contributed by atoms with E-state index in [9.17, 15) is 0 Å². The van der Waals surface area contributed by atoms with Crippen LogP contribution in [0.15, 0.2) is 70.9 Å². The van der Waals surface area contributed by atoms with Crippen molar-refractivity contribution in [2.75, 3.05) is 0 Å². The molecule has 2 aromatic carbocycles. The maximum Gasteiger partial charge on any atom is 3.00 e. The number of rotatable bonds is 3. The molecule has 1 aromatic heterocycles. The van der Waals surface area contributed by atoms with Crippen LogP contribution in [0, 0.1) is 20.8 Å². The second kappa shape index (κ2) is 16.0. The molecule has 0 aliphatic carbocycles. The first-order valence-electron chi connectivity index (χ1n) is 9.08. The third kappa shape index (κ3) is 9.55. The molecular formula is C24H25Cl3FeN3. The summed E-state index contributed by atoms with van der Waals surface area (Å²) in [6, 6.07) is 15.8. The van der Waals surface area contributed by atoms with Gasteiger partial charge in [-0.3, -0.25) is 9.98 Å². The summed E-state index contributed by atoms with van der Waals surface area (Å²) in [6.07, 6.45) is 6.33. The molecule has 0 fully saturated rings. The van der Waals surface area contributed by atoms with Gasteiger partial charge in [-0.15, -0.1) is 18.1 Å². The van der Waals surface area contributed by atoms with Crippen molar-refractivity contribution < 1.29 is 41.9 Å². The Kier molecular flexibility index (Phi) is 16.3. The van der Waals surface area contributed by atoms with E-state index in [-0.39, 0.29) is 41.9 Å². The summed E-state index contributed by atoms with van der Waals surface area (Å²) in [4.78, 5) is 12.8. The summed E-state index contributed by atoms with van der Waals surface area (Å²) in [5, 5.41) is 0.674. The van der Waals surface area contributed by atoms with Crippen LogP contribution in [0.5, 0.6) is 0 Å². The standard InChI is InChI=1S/C14H13ClN2.C10H12N.2ClH.Fe/c1-10-5-3-7-13(15)14(10)17-11(2)12-6-4-8-16-9-12;1-4-11-10-8(2)6-5-7-9(10)3;;;/h3-9H,1-2H3;5-7H,1-3H3;2*1H;/q;-1;;;+3/p-2. The van der Waals surface area contributed by atoms with E-state index in [4.69, 9.17) is 11.6 Å². The summed E-state index contributed by atoms with van der Waals surface area (Å²) < 4.78 is 0. The van der Waals surface area contributed by atoms with E-state index in [0.29, 0.717) is 5.02 Å². The maximum atomic E-state index is 6.14. The zero-order chi connectivity index (χ0) is 20.5. The number of para-hydroxylation sites is 2. The molecule has 0 aliphatic heterocycles. The van der Waals surface area contributed by atoms with Crippen molar-refractivity contribution in [1.29, 1.82) is 0 Å². The van der Waals surface area contributed by atoms with E-state index >= 15 is 0 Å².